The fraction of sp³-hybridized carbons (Fsp3) is 0.400. The van der Waals surface area contributed by atoms with Gasteiger partial charge < -0.3 is 5.11 Å². The van der Waals surface area contributed by atoms with Gasteiger partial charge in [0.15, 0.2) is 0 Å². The standard InChI is InChI=1S/C10H11F3O3S2/c11-10(12,13)18(15,16)9-4-2-8(3-5-9)17-7-1-6-14/h2-5,14H,1,6-7H2. The maximum Gasteiger partial charge on any atom is 0.501 e. The van der Waals surface area contributed by atoms with Gasteiger partial charge in [0.2, 0.25) is 0 Å². The van der Waals surface area contributed by atoms with E-state index >= 15 is 0 Å². The lowest BCUT2D eigenvalue weighted by atomic mass is 10.4. The van der Waals surface area contributed by atoms with Crippen molar-refractivity contribution in [2.75, 3.05) is 12.4 Å². The van der Waals surface area contributed by atoms with Crippen LogP contribution >= 0.6 is 11.8 Å². The van der Waals surface area contributed by atoms with Gasteiger partial charge in [-0.1, -0.05) is 0 Å². The van der Waals surface area contributed by atoms with Gasteiger partial charge in [0.25, 0.3) is 9.84 Å². The van der Waals surface area contributed by atoms with Crippen LogP contribution in [-0.4, -0.2) is 31.4 Å². The van der Waals surface area contributed by atoms with E-state index in [1.807, 2.05) is 0 Å². The molecule has 0 saturated carbocycles. The predicted octanol–water partition coefficient (Wildman–Crippen LogP) is 2.45. The number of alkyl halides is 3. The topological polar surface area (TPSA) is 54.4 Å². The van der Waals surface area contributed by atoms with Crippen LogP contribution in [-0.2, 0) is 9.84 Å². The number of sulfone groups is 1. The third kappa shape index (κ3) is 3.63. The number of hydrogen-bond acceptors (Lipinski definition) is 4. The summed E-state index contributed by atoms with van der Waals surface area (Å²) < 4.78 is 58.9. The van der Waals surface area contributed by atoms with Crippen LogP contribution < -0.4 is 0 Å². The highest BCUT2D eigenvalue weighted by Gasteiger charge is 2.46. The van der Waals surface area contributed by atoms with Crippen molar-refractivity contribution in [1.29, 1.82) is 0 Å². The van der Waals surface area contributed by atoms with E-state index in [0.717, 1.165) is 12.1 Å². The van der Waals surface area contributed by atoms with Crippen molar-refractivity contribution < 1.29 is 26.7 Å². The highest BCUT2D eigenvalue weighted by atomic mass is 32.2. The van der Waals surface area contributed by atoms with Gasteiger partial charge in [-0.25, -0.2) is 8.42 Å². The van der Waals surface area contributed by atoms with Gasteiger partial charge in [-0.15, -0.1) is 11.8 Å². The van der Waals surface area contributed by atoms with E-state index in [4.69, 9.17) is 5.11 Å². The molecular formula is C10H11F3O3S2. The Morgan fingerprint density at radius 2 is 1.72 bits per heavy atom. The molecule has 3 nitrogen and oxygen atoms in total. The number of halogens is 3. The molecule has 0 spiro atoms. The van der Waals surface area contributed by atoms with E-state index in [1.54, 1.807) is 0 Å². The maximum absolute atomic E-state index is 12.2. The summed E-state index contributed by atoms with van der Waals surface area (Å²) in [7, 11) is -5.27. The number of hydrogen-bond donors (Lipinski definition) is 1. The Bertz CT molecular complexity index is 480. The summed E-state index contributed by atoms with van der Waals surface area (Å²) >= 11 is 1.34. The van der Waals surface area contributed by atoms with Crippen molar-refractivity contribution in [1.82, 2.24) is 0 Å². The average molecular weight is 300 g/mol. The Labute approximate surface area is 107 Å². The van der Waals surface area contributed by atoms with Crippen LogP contribution in [0.3, 0.4) is 0 Å². The molecule has 0 aliphatic heterocycles. The molecule has 1 aromatic carbocycles. The minimum absolute atomic E-state index is 0.0353. The van der Waals surface area contributed by atoms with Crippen molar-refractivity contribution in [2.24, 2.45) is 0 Å². The normalized spacial score (nSPS) is 12.7. The van der Waals surface area contributed by atoms with E-state index in [9.17, 15) is 21.6 Å². The fourth-order valence-corrected chi connectivity index (χ4v) is 2.70. The molecule has 0 aromatic heterocycles. The van der Waals surface area contributed by atoms with E-state index in [-0.39, 0.29) is 6.61 Å². The predicted molar refractivity (Wildman–Crippen MR) is 62.1 cm³/mol. The molecule has 1 aromatic rings. The molecule has 0 bridgehead atoms. The van der Waals surface area contributed by atoms with Crippen LogP contribution in [0.4, 0.5) is 13.2 Å². The largest absolute Gasteiger partial charge is 0.501 e. The Balaban J connectivity index is 2.84. The van der Waals surface area contributed by atoms with Crippen LogP contribution in [0.25, 0.3) is 0 Å². The molecule has 0 aliphatic rings. The first-order chi connectivity index (χ1) is 8.29. The summed E-state index contributed by atoms with van der Waals surface area (Å²) in [6, 6.07) is 4.51. The summed E-state index contributed by atoms with van der Waals surface area (Å²) in [5.74, 6) is 0.613. The van der Waals surface area contributed by atoms with Gasteiger partial charge in [-0.05, 0) is 30.7 Å². The third-order valence-corrected chi connectivity index (χ3v) is 4.61. The Morgan fingerprint density at radius 1 is 1.17 bits per heavy atom. The summed E-state index contributed by atoms with van der Waals surface area (Å²) in [6.07, 6.45) is 0.563. The third-order valence-electron chi connectivity index (χ3n) is 2.01. The molecular weight excluding hydrogens is 289 g/mol. The van der Waals surface area contributed by atoms with Crippen LogP contribution in [0.1, 0.15) is 6.42 Å². The highest BCUT2D eigenvalue weighted by molar-refractivity contribution is 7.99. The van der Waals surface area contributed by atoms with Crippen molar-refractivity contribution in [3.05, 3.63) is 24.3 Å². The molecule has 1 N–H and O–H groups in total. The molecule has 0 amide bonds. The van der Waals surface area contributed by atoms with Crippen LogP contribution in [0.2, 0.25) is 0 Å². The first-order valence-corrected chi connectivity index (χ1v) is 7.41. The number of thioether (sulfide) groups is 1. The fourth-order valence-electron chi connectivity index (χ4n) is 1.10. The monoisotopic (exact) mass is 300 g/mol. The molecule has 0 fully saturated rings. The molecule has 0 saturated heterocycles. The molecule has 0 unspecified atom stereocenters. The second kappa shape index (κ2) is 5.94. The molecule has 0 radical (unpaired) electrons. The molecule has 0 heterocycles. The lowest BCUT2D eigenvalue weighted by Gasteiger charge is -2.08. The van der Waals surface area contributed by atoms with Crippen molar-refractivity contribution >= 4 is 21.6 Å². The second-order valence-corrected chi connectivity index (χ2v) is 6.46. The van der Waals surface area contributed by atoms with Crippen molar-refractivity contribution in [3.63, 3.8) is 0 Å². The van der Waals surface area contributed by atoms with Gasteiger partial charge in [0.05, 0.1) is 4.90 Å². The summed E-state index contributed by atoms with van der Waals surface area (Å²) in [5, 5.41) is 8.57. The molecule has 8 heteroatoms. The van der Waals surface area contributed by atoms with E-state index in [1.165, 1.54) is 23.9 Å². The zero-order chi connectivity index (χ0) is 13.8. The van der Waals surface area contributed by atoms with Gasteiger partial charge >= 0.3 is 5.51 Å². The number of rotatable bonds is 5. The number of aliphatic hydroxyl groups is 1. The Hall–Kier alpha value is -0.730. The van der Waals surface area contributed by atoms with Gasteiger partial charge in [-0.3, -0.25) is 0 Å². The second-order valence-electron chi connectivity index (χ2n) is 3.35. The molecule has 18 heavy (non-hydrogen) atoms. The maximum atomic E-state index is 12.2. The lowest BCUT2D eigenvalue weighted by Crippen LogP contribution is -2.23. The zero-order valence-corrected chi connectivity index (χ0v) is 10.8. The smallest absolute Gasteiger partial charge is 0.396 e. The molecule has 1 rings (SSSR count). The summed E-state index contributed by atoms with van der Waals surface area (Å²) in [6.45, 7) is 0.0353. The van der Waals surface area contributed by atoms with Gasteiger partial charge in [0, 0.05) is 17.3 Å². The van der Waals surface area contributed by atoms with E-state index < -0.39 is 20.2 Å². The molecule has 0 atom stereocenters. The molecule has 0 aliphatic carbocycles. The van der Waals surface area contributed by atoms with Gasteiger partial charge in [0.1, 0.15) is 0 Å². The van der Waals surface area contributed by atoms with Crippen LogP contribution in [0, 0.1) is 0 Å². The molecule has 102 valence electrons. The average Bonchev–Trinajstić information content (AvgIpc) is 2.28. The van der Waals surface area contributed by atoms with Crippen molar-refractivity contribution in [3.8, 4) is 0 Å². The SMILES string of the molecule is O=S(=O)(c1ccc(SCCCO)cc1)C(F)(F)F. The Morgan fingerprint density at radius 3 is 2.17 bits per heavy atom. The lowest BCUT2D eigenvalue weighted by molar-refractivity contribution is -0.0436. The zero-order valence-electron chi connectivity index (χ0n) is 9.14. The summed E-state index contributed by atoms with van der Waals surface area (Å²) in [5.41, 5.74) is -5.28. The highest BCUT2D eigenvalue weighted by Crippen LogP contribution is 2.31. The number of aliphatic hydroxyl groups excluding tert-OH is 1. The van der Waals surface area contributed by atoms with Gasteiger partial charge in [-0.2, -0.15) is 13.2 Å². The Kier molecular flexibility index (Phi) is 5.06. The first-order valence-electron chi connectivity index (χ1n) is 4.94. The quantitative estimate of drug-likeness (QED) is 0.670. The van der Waals surface area contributed by atoms with Crippen LogP contribution in [0.15, 0.2) is 34.1 Å². The first kappa shape index (κ1) is 15.3. The minimum Gasteiger partial charge on any atom is -0.396 e. The van der Waals surface area contributed by atoms with Crippen molar-refractivity contribution in [2.45, 2.75) is 21.7 Å². The van der Waals surface area contributed by atoms with E-state index in [0.29, 0.717) is 17.1 Å². The number of benzene rings is 1. The van der Waals surface area contributed by atoms with Crippen LogP contribution in [0.5, 0.6) is 0 Å². The minimum atomic E-state index is -5.28. The summed E-state index contributed by atoms with van der Waals surface area (Å²) in [4.78, 5) is -0.105. The van der Waals surface area contributed by atoms with E-state index in [2.05, 4.69) is 0 Å².